The van der Waals surface area contributed by atoms with Crippen LogP contribution in [-0.2, 0) is 26.2 Å². The van der Waals surface area contributed by atoms with Crippen LogP contribution in [-0.4, -0.2) is 49.5 Å². The molecule has 0 heterocycles. The Morgan fingerprint density at radius 1 is 0.875 bits per heavy atom. The first-order valence-electron chi connectivity index (χ1n) is 8.71. The summed E-state index contributed by atoms with van der Waals surface area (Å²) in [4.78, 5) is 0. The van der Waals surface area contributed by atoms with Crippen LogP contribution in [0.3, 0.4) is 0 Å². The van der Waals surface area contributed by atoms with Gasteiger partial charge >= 0.3 is 54.9 Å². The quantitative estimate of drug-likeness (QED) is 0.425. The first kappa shape index (κ1) is 32.5. The summed E-state index contributed by atoms with van der Waals surface area (Å²) in [6.45, 7) is 12.7. The van der Waals surface area contributed by atoms with Crippen molar-refractivity contribution in [1.82, 2.24) is 0 Å². The molecule has 0 radical (unpaired) electrons. The van der Waals surface area contributed by atoms with Gasteiger partial charge in [-0.25, -0.2) is 0 Å². The molecule has 3 nitrogen and oxygen atoms in total. The van der Waals surface area contributed by atoms with Gasteiger partial charge < -0.3 is 15.3 Å². The van der Waals surface area contributed by atoms with Crippen molar-refractivity contribution in [2.24, 2.45) is 17.8 Å². The molecule has 0 aliphatic heterocycles. The summed E-state index contributed by atoms with van der Waals surface area (Å²) in [5, 5.41) is 24.4. The first-order valence-corrected chi connectivity index (χ1v) is 14.8. The molecule has 0 bridgehead atoms. The fourth-order valence-corrected chi connectivity index (χ4v) is 3.02. The Labute approximate surface area is 174 Å². The fraction of sp³-hybridized carbons (Fsp3) is 0.789. The molecule has 0 atom stereocenters. The number of hydrogen-bond acceptors (Lipinski definition) is 3. The van der Waals surface area contributed by atoms with E-state index < -0.39 is 14.3 Å². The van der Waals surface area contributed by atoms with E-state index >= 15 is 0 Å². The molecule has 1 aliphatic carbocycles. The van der Waals surface area contributed by atoms with Crippen LogP contribution in [0.1, 0.15) is 48.0 Å². The van der Waals surface area contributed by atoms with Gasteiger partial charge in [0, 0.05) is 46.0 Å². The van der Waals surface area contributed by atoms with Gasteiger partial charge in [-0.1, -0.05) is 41.5 Å². The summed E-state index contributed by atoms with van der Waals surface area (Å²) in [7, 11) is 0. The second-order valence-corrected chi connectivity index (χ2v) is 13.3. The molecule has 0 saturated heterocycles. The molecular formula is C19H41GeO3Zr-. The molecule has 0 unspecified atom stereocenters. The Kier molecular flexibility index (Phi) is 32.2. The van der Waals surface area contributed by atoms with Gasteiger partial charge in [-0.05, 0) is 17.8 Å². The summed E-state index contributed by atoms with van der Waals surface area (Å²) in [6.07, 6.45) is 8.85. The summed E-state index contributed by atoms with van der Waals surface area (Å²) in [5.74, 6) is 6.08. The van der Waals surface area contributed by atoms with Gasteiger partial charge in [-0.3, -0.25) is 0 Å². The van der Waals surface area contributed by atoms with Crippen molar-refractivity contribution >= 4 is 14.3 Å². The van der Waals surface area contributed by atoms with E-state index in [0.29, 0.717) is 37.6 Å². The summed E-state index contributed by atoms with van der Waals surface area (Å²) >= 11 is -0.912. The Morgan fingerprint density at radius 3 is 1.25 bits per heavy atom. The smallest absolute Gasteiger partial charge is 0 e. The third kappa shape index (κ3) is 34.2. The maximum absolute atomic E-state index is 8.14. The molecule has 24 heavy (non-hydrogen) atoms. The topological polar surface area (TPSA) is 60.7 Å². The Morgan fingerprint density at radius 2 is 1.17 bits per heavy atom. The molecule has 0 aromatic carbocycles. The van der Waals surface area contributed by atoms with Crippen molar-refractivity contribution in [2.45, 2.75) is 59.5 Å². The number of aliphatic hydroxyl groups excluding tert-OH is 3. The predicted molar refractivity (Wildman–Crippen MR) is 105 cm³/mol. The SMILES string of the molecule is CC(C)CO.CC(C)CO.CC(C)CO.[CH3][GeH]([CH3])[C]1=[C-]CC=C1.[Zr]. The maximum Gasteiger partial charge on any atom is 0 e. The van der Waals surface area contributed by atoms with Crippen LogP contribution in [0.4, 0.5) is 0 Å². The molecule has 3 N–H and O–H groups in total. The second-order valence-electron chi connectivity index (χ2n) is 7.12. The Hall–Kier alpha value is 0.786. The second kappa shape index (κ2) is 23.8. The van der Waals surface area contributed by atoms with Gasteiger partial charge in [-0.2, -0.15) is 0 Å². The van der Waals surface area contributed by atoms with E-state index in [-0.39, 0.29) is 26.2 Å². The van der Waals surface area contributed by atoms with Gasteiger partial charge in [-0.15, -0.1) is 0 Å². The monoisotopic (exact) mass is 481 g/mol. The minimum atomic E-state index is -0.912. The number of hydrogen-bond donors (Lipinski definition) is 3. The Balaban J connectivity index is -0.000000113. The van der Waals surface area contributed by atoms with Crippen LogP contribution in [0.2, 0.25) is 11.5 Å². The van der Waals surface area contributed by atoms with Crippen molar-refractivity contribution in [3.63, 3.8) is 0 Å². The van der Waals surface area contributed by atoms with E-state index in [2.05, 4.69) is 29.7 Å². The molecule has 0 aromatic rings. The molecule has 144 valence electrons. The van der Waals surface area contributed by atoms with Crippen molar-refractivity contribution in [2.75, 3.05) is 19.8 Å². The van der Waals surface area contributed by atoms with Crippen LogP contribution in [0, 0.1) is 23.8 Å². The zero-order valence-corrected chi connectivity index (χ0v) is 22.0. The van der Waals surface area contributed by atoms with E-state index in [1.54, 1.807) is 4.41 Å². The average Bonchev–Trinajstić information content (AvgIpc) is 3.03. The van der Waals surface area contributed by atoms with E-state index in [9.17, 15) is 0 Å². The third-order valence-corrected chi connectivity index (χ3v) is 5.88. The molecule has 5 heteroatoms. The van der Waals surface area contributed by atoms with Gasteiger partial charge in [0.2, 0.25) is 0 Å². The van der Waals surface area contributed by atoms with Gasteiger partial charge in [0.1, 0.15) is 0 Å². The van der Waals surface area contributed by atoms with Crippen molar-refractivity contribution in [3.05, 3.63) is 22.6 Å². The third-order valence-electron chi connectivity index (χ3n) is 2.44. The molecule has 0 saturated carbocycles. The fourth-order valence-electron chi connectivity index (χ4n) is 0.818. The molecule has 0 amide bonds. The number of rotatable bonds is 4. The van der Waals surface area contributed by atoms with E-state index in [1.807, 2.05) is 41.5 Å². The van der Waals surface area contributed by atoms with Crippen molar-refractivity contribution in [1.29, 1.82) is 0 Å². The minimum Gasteiger partial charge on any atom is 0 e. The largest absolute Gasteiger partial charge is 0 e. The maximum atomic E-state index is 8.14. The van der Waals surface area contributed by atoms with Crippen LogP contribution >= 0.6 is 0 Å². The average molecular weight is 481 g/mol. The van der Waals surface area contributed by atoms with Gasteiger partial charge in [0.25, 0.3) is 0 Å². The van der Waals surface area contributed by atoms with Crippen molar-refractivity contribution < 1.29 is 41.5 Å². The summed E-state index contributed by atoms with van der Waals surface area (Å²) < 4.78 is 1.55. The van der Waals surface area contributed by atoms with Gasteiger partial charge in [0.05, 0.1) is 0 Å². The van der Waals surface area contributed by atoms with E-state index in [4.69, 9.17) is 15.3 Å². The van der Waals surface area contributed by atoms with E-state index in [1.165, 1.54) is 0 Å². The molecule has 0 spiro atoms. The molecule has 1 rings (SSSR count). The standard InChI is InChI=1S/C7H11Ge.3C4H10O.Zr/c1-8(2)7-5-3-4-6-7;3*1-4(2)3-5;/h3,5,8H,4H2,1-2H3;3*4-5H,3H2,1-2H3;/q-1;;;;. The normalized spacial score (nSPS) is 11.9. The summed E-state index contributed by atoms with van der Waals surface area (Å²) in [6, 6.07) is 0. The van der Waals surface area contributed by atoms with Crippen molar-refractivity contribution in [3.8, 4) is 0 Å². The predicted octanol–water partition coefficient (Wildman–Crippen LogP) is 3.60. The van der Waals surface area contributed by atoms with Crippen LogP contribution in [0.15, 0.2) is 16.6 Å². The van der Waals surface area contributed by atoms with Crippen LogP contribution in [0.5, 0.6) is 0 Å². The number of allylic oxidation sites excluding steroid dienone is 4. The summed E-state index contributed by atoms with van der Waals surface area (Å²) in [5.41, 5.74) is 0. The Bertz CT molecular complexity index is 269. The van der Waals surface area contributed by atoms with Gasteiger partial charge in [0.15, 0.2) is 0 Å². The molecule has 0 fully saturated rings. The van der Waals surface area contributed by atoms with Crippen LogP contribution < -0.4 is 0 Å². The molecular weight excluding hydrogens is 440 g/mol. The first-order chi connectivity index (χ1) is 10.6. The van der Waals surface area contributed by atoms with E-state index in [0.717, 1.165) is 6.42 Å². The zero-order valence-electron chi connectivity index (χ0n) is 17.1. The minimum absolute atomic E-state index is 0. The number of aliphatic hydroxyl groups is 3. The molecule has 0 aromatic heterocycles. The zero-order chi connectivity index (χ0) is 18.8. The molecule has 1 aliphatic rings. The van der Waals surface area contributed by atoms with Crippen LogP contribution in [0.25, 0.3) is 0 Å².